The largest absolute Gasteiger partial charge is 0.508 e. The standard InChI is InChI=1S/C17H14O3/c1-10-4-3-5-12(8-10)9-15-16(19)13-6-7-14(18)11(2)17(13)20-15/h3-9,18H,1-2H3/b15-9-. The molecule has 1 N–H and O–H groups in total. The van der Waals surface area contributed by atoms with Gasteiger partial charge in [0.1, 0.15) is 11.5 Å². The van der Waals surface area contributed by atoms with Crippen LogP contribution < -0.4 is 4.74 Å². The van der Waals surface area contributed by atoms with Crippen LogP contribution in [-0.2, 0) is 0 Å². The van der Waals surface area contributed by atoms with Gasteiger partial charge in [0.05, 0.1) is 5.56 Å². The topological polar surface area (TPSA) is 46.5 Å². The average Bonchev–Trinajstić information content (AvgIpc) is 2.72. The number of phenols is 1. The molecule has 0 unspecified atom stereocenters. The summed E-state index contributed by atoms with van der Waals surface area (Å²) in [4.78, 5) is 12.3. The third-order valence-electron chi connectivity index (χ3n) is 3.40. The van der Waals surface area contributed by atoms with Crippen molar-refractivity contribution in [1.82, 2.24) is 0 Å². The molecule has 2 aromatic carbocycles. The molecule has 3 rings (SSSR count). The van der Waals surface area contributed by atoms with Gasteiger partial charge in [0.25, 0.3) is 0 Å². The zero-order chi connectivity index (χ0) is 14.3. The van der Waals surface area contributed by atoms with E-state index in [2.05, 4.69) is 0 Å². The van der Waals surface area contributed by atoms with Gasteiger partial charge in [0, 0.05) is 5.56 Å². The Bertz CT molecular complexity index is 742. The van der Waals surface area contributed by atoms with Crippen LogP contribution in [0, 0.1) is 13.8 Å². The van der Waals surface area contributed by atoms with Gasteiger partial charge in [-0.2, -0.15) is 0 Å². The van der Waals surface area contributed by atoms with Crippen LogP contribution >= 0.6 is 0 Å². The second kappa shape index (κ2) is 4.53. The lowest BCUT2D eigenvalue weighted by atomic mass is 10.1. The maximum absolute atomic E-state index is 12.3. The van der Waals surface area contributed by atoms with Crippen molar-refractivity contribution in [2.75, 3.05) is 0 Å². The lowest BCUT2D eigenvalue weighted by molar-refractivity contribution is 0.101. The lowest BCUT2D eigenvalue weighted by Crippen LogP contribution is -1.98. The van der Waals surface area contributed by atoms with Crippen LogP contribution in [0.15, 0.2) is 42.2 Å². The van der Waals surface area contributed by atoms with Gasteiger partial charge in [-0.15, -0.1) is 0 Å². The van der Waals surface area contributed by atoms with E-state index in [1.165, 1.54) is 6.07 Å². The first-order chi connectivity index (χ1) is 9.56. The highest BCUT2D eigenvalue weighted by atomic mass is 16.5. The van der Waals surface area contributed by atoms with E-state index in [1.54, 1.807) is 19.1 Å². The molecule has 1 heterocycles. The van der Waals surface area contributed by atoms with Crippen molar-refractivity contribution >= 4 is 11.9 Å². The first-order valence-electron chi connectivity index (χ1n) is 6.40. The quantitative estimate of drug-likeness (QED) is 0.802. The fourth-order valence-corrected chi connectivity index (χ4v) is 2.29. The first kappa shape index (κ1) is 12.5. The first-order valence-corrected chi connectivity index (χ1v) is 6.40. The normalized spacial score (nSPS) is 15.3. The highest BCUT2D eigenvalue weighted by Gasteiger charge is 2.29. The molecular formula is C17H14O3. The molecular weight excluding hydrogens is 252 g/mol. The Morgan fingerprint density at radius 1 is 1.15 bits per heavy atom. The van der Waals surface area contributed by atoms with E-state index in [9.17, 15) is 9.90 Å². The Morgan fingerprint density at radius 3 is 2.70 bits per heavy atom. The molecule has 0 radical (unpaired) electrons. The molecule has 1 aliphatic rings. The zero-order valence-corrected chi connectivity index (χ0v) is 11.3. The van der Waals surface area contributed by atoms with E-state index < -0.39 is 0 Å². The van der Waals surface area contributed by atoms with Crippen LogP contribution in [0.3, 0.4) is 0 Å². The second-order valence-corrected chi connectivity index (χ2v) is 4.94. The van der Waals surface area contributed by atoms with Crippen LogP contribution in [0.25, 0.3) is 6.08 Å². The van der Waals surface area contributed by atoms with E-state index in [0.29, 0.717) is 22.6 Å². The molecule has 0 aromatic heterocycles. The molecule has 0 bridgehead atoms. The predicted octanol–water partition coefficient (Wildman–Crippen LogP) is 3.63. The SMILES string of the molecule is Cc1cccc(/C=C2\Oc3c(ccc(O)c3C)C2=O)c1. The maximum Gasteiger partial charge on any atom is 0.231 e. The summed E-state index contributed by atoms with van der Waals surface area (Å²) < 4.78 is 5.63. The predicted molar refractivity (Wildman–Crippen MR) is 77.0 cm³/mol. The van der Waals surface area contributed by atoms with Crippen molar-refractivity contribution in [2.24, 2.45) is 0 Å². The number of phenolic OH excluding ortho intramolecular Hbond substituents is 1. The molecule has 3 nitrogen and oxygen atoms in total. The van der Waals surface area contributed by atoms with Gasteiger partial charge in [0.15, 0.2) is 5.76 Å². The summed E-state index contributed by atoms with van der Waals surface area (Å²) >= 11 is 0. The molecule has 0 aliphatic carbocycles. The average molecular weight is 266 g/mol. The molecule has 1 aliphatic heterocycles. The van der Waals surface area contributed by atoms with E-state index in [1.807, 2.05) is 31.2 Å². The van der Waals surface area contributed by atoms with Crippen molar-refractivity contribution in [3.05, 3.63) is 64.4 Å². The molecule has 0 atom stereocenters. The van der Waals surface area contributed by atoms with Gasteiger partial charge < -0.3 is 9.84 Å². The Kier molecular flexibility index (Phi) is 2.83. The minimum atomic E-state index is -0.149. The van der Waals surface area contributed by atoms with Crippen LogP contribution in [0.1, 0.15) is 27.0 Å². The highest BCUT2D eigenvalue weighted by Crippen LogP contribution is 2.38. The van der Waals surface area contributed by atoms with Crippen LogP contribution in [0.5, 0.6) is 11.5 Å². The van der Waals surface area contributed by atoms with Gasteiger partial charge in [-0.1, -0.05) is 29.8 Å². The van der Waals surface area contributed by atoms with Gasteiger partial charge in [-0.05, 0) is 37.6 Å². The Hall–Kier alpha value is -2.55. The lowest BCUT2D eigenvalue weighted by Gasteiger charge is -2.04. The Balaban J connectivity index is 2.04. The van der Waals surface area contributed by atoms with E-state index in [-0.39, 0.29) is 11.5 Å². The third-order valence-corrected chi connectivity index (χ3v) is 3.40. The number of aromatic hydroxyl groups is 1. The number of hydrogen-bond donors (Lipinski definition) is 1. The minimum absolute atomic E-state index is 0.133. The fraction of sp³-hybridized carbons (Fsp3) is 0.118. The summed E-state index contributed by atoms with van der Waals surface area (Å²) in [7, 11) is 0. The number of aryl methyl sites for hydroxylation is 1. The second-order valence-electron chi connectivity index (χ2n) is 4.94. The number of hydrogen-bond acceptors (Lipinski definition) is 3. The number of Topliss-reactive ketones (excluding diaryl/α,β-unsaturated/α-hetero) is 1. The van der Waals surface area contributed by atoms with Crippen LogP contribution in [-0.4, -0.2) is 10.9 Å². The van der Waals surface area contributed by atoms with Gasteiger partial charge in [-0.25, -0.2) is 0 Å². The number of fused-ring (bicyclic) bond motifs is 1. The summed E-state index contributed by atoms with van der Waals surface area (Å²) in [5.74, 6) is 0.728. The number of ether oxygens (including phenoxy) is 1. The molecule has 0 fully saturated rings. The Labute approximate surface area is 117 Å². The summed E-state index contributed by atoms with van der Waals surface area (Å²) in [6.45, 7) is 3.73. The van der Waals surface area contributed by atoms with Gasteiger partial charge >= 0.3 is 0 Å². The van der Waals surface area contributed by atoms with Crippen molar-refractivity contribution in [3.8, 4) is 11.5 Å². The molecule has 3 heteroatoms. The fourth-order valence-electron chi connectivity index (χ4n) is 2.29. The molecule has 0 amide bonds. The number of carbonyl (C=O) groups excluding carboxylic acids is 1. The summed E-state index contributed by atoms with van der Waals surface area (Å²) in [5, 5.41) is 9.67. The molecule has 100 valence electrons. The number of benzene rings is 2. The summed E-state index contributed by atoms with van der Waals surface area (Å²) in [5.41, 5.74) is 3.13. The van der Waals surface area contributed by atoms with E-state index >= 15 is 0 Å². The molecule has 0 saturated carbocycles. The highest BCUT2D eigenvalue weighted by molar-refractivity contribution is 6.14. The van der Waals surface area contributed by atoms with E-state index in [4.69, 9.17) is 4.74 Å². The monoisotopic (exact) mass is 266 g/mol. The third kappa shape index (κ3) is 1.97. The van der Waals surface area contributed by atoms with E-state index in [0.717, 1.165) is 11.1 Å². The molecule has 2 aromatic rings. The number of ketones is 1. The number of allylic oxidation sites excluding steroid dienone is 1. The zero-order valence-electron chi connectivity index (χ0n) is 11.3. The van der Waals surface area contributed by atoms with Crippen LogP contribution in [0.4, 0.5) is 0 Å². The van der Waals surface area contributed by atoms with Crippen molar-refractivity contribution in [2.45, 2.75) is 13.8 Å². The Morgan fingerprint density at radius 2 is 1.95 bits per heavy atom. The number of carbonyl (C=O) groups is 1. The van der Waals surface area contributed by atoms with Crippen molar-refractivity contribution in [3.63, 3.8) is 0 Å². The molecule has 0 spiro atoms. The summed E-state index contributed by atoms with van der Waals surface area (Å²) in [6, 6.07) is 10.9. The van der Waals surface area contributed by atoms with Crippen molar-refractivity contribution < 1.29 is 14.6 Å². The smallest absolute Gasteiger partial charge is 0.231 e. The van der Waals surface area contributed by atoms with Crippen molar-refractivity contribution in [1.29, 1.82) is 0 Å². The van der Waals surface area contributed by atoms with Gasteiger partial charge in [-0.3, -0.25) is 4.79 Å². The van der Waals surface area contributed by atoms with Gasteiger partial charge in [0.2, 0.25) is 5.78 Å². The number of rotatable bonds is 1. The molecule has 20 heavy (non-hydrogen) atoms. The summed E-state index contributed by atoms with van der Waals surface area (Å²) in [6.07, 6.45) is 1.73. The minimum Gasteiger partial charge on any atom is -0.508 e. The maximum atomic E-state index is 12.3. The van der Waals surface area contributed by atoms with Crippen LogP contribution in [0.2, 0.25) is 0 Å². The molecule has 0 saturated heterocycles.